The van der Waals surface area contributed by atoms with E-state index in [0.717, 1.165) is 18.8 Å². The number of likely N-dealkylation sites (tertiary alicyclic amines) is 1. The summed E-state index contributed by atoms with van der Waals surface area (Å²) in [5, 5.41) is 3.27. The van der Waals surface area contributed by atoms with Crippen LogP contribution in [0.4, 0.5) is 0 Å². The molecule has 1 N–H and O–H groups in total. The summed E-state index contributed by atoms with van der Waals surface area (Å²) in [7, 11) is 2.02. The van der Waals surface area contributed by atoms with Gasteiger partial charge in [0.2, 0.25) is 0 Å². The number of likely N-dealkylation sites (N-methyl/N-ethyl adjacent to an activating group) is 1. The lowest BCUT2D eigenvalue weighted by atomic mass is 10.0. The third-order valence-corrected chi connectivity index (χ3v) is 4.26. The van der Waals surface area contributed by atoms with E-state index in [1.165, 1.54) is 24.1 Å². The molecule has 1 aliphatic rings. The zero-order valence-corrected chi connectivity index (χ0v) is 13.2. The molecule has 1 atom stereocenters. The Hall–Kier alpha value is -1.84. The van der Waals surface area contributed by atoms with Crippen molar-refractivity contribution in [2.75, 3.05) is 20.1 Å². The van der Waals surface area contributed by atoms with Crippen LogP contribution in [0, 0.1) is 0 Å². The number of nitrogens with zero attached hydrogens (tertiary/aromatic N) is 1. The molecule has 3 nitrogen and oxygen atoms in total. The van der Waals surface area contributed by atoms with E-state index >= 15 is 0 Å². The van der Waals surface area contributed by atoms with Crippen molar-refractivity contribution in [1.82, 2.24) is 10.2 Å². The Labute approximate surface area is 132 Å². The van der Waals surface area contributed by atoms with E-state index in [4.69, 9.17) is 4.74 Å². The average Bonchev–Trinajstić information content (AvgIpc) is 2.57. The van der Waals surface area contributed by atoms with Crippen molar-refractivity contribution in [3.63, 3.8) is 0 Å². The average molecular weight is 296 g/mol. The first kappa shape index (κ1) is 15.1. The van der Waals surface area contributed by atoms with Gasteiger partial charge in [-0.25, -0.2) is 0 Å². The van der Waals surface area contributed by atoms with Crippen molar-refractivity contribution in [3.05, 3.63) is 65.7 Å². The monoisotopic (exact) mass is 296 g/mol. The van der Waals surface area contributed by atoms with E-state index < -0.39 is 0 Å². The molecule has 3 heteroatoms. The van der Waals surface area contributed by atoms with Gasteiger partial charge >= 0.3 is 0 Å². The molecule has 1 heterocycles. The molecule has 0 spiro atoms. The van der Waals surface area contributed by atoms with E-state index in [-0.39, 0.29) is 0 Å². The van der Waals surface area contributed by atoms with Crippen molar-refractivity contribution < 1.29 is 4.74 Å². The molecule has 2 aromatic carbocycles. The summed E-state index contributed by atoms with van der Waals surface area (Å²) in [5.41, 5.74) is 2.55. The van der Waals surface area contributed by atoms with Crippen molar-refractivity contribution in [3.8, 4) is 5.75 Å². The molecule has 22 heavy (non-hydrogen) atoms. The highest BCUT2D eigenvalue weighted by molar-refractivity contribution is 5.28. The predicted octanol–water partition coefficient (Wildman–Crippen LogP) is 3.06. The van der Waals surface area contributed by atoms with E-state index in [9.17, 15) is 0 Å². The van der Waals surface area contributed by atoms with Crippen molar-refractivity contribution in [2.45, 2.75) is 25.6 Å². The molecule has 0 radical (unpaired) electrons. The van der Waals surface area contributed by atoms with Crippen LogP contribution in [0.15, 0.2) is 54.6 Å². The third-order valence-electron chi connectivity index (χ3n) is 4.26. The molecule has 1 aliphatic heterocycles. The van der Waals surface area contributed by atoms with Gasteiger partial charge in [0, 0.05) is 25.7 Å². The molecular weight excluding hydrogens is 272 g/mol. The molecule has 1 saturated heterocycles. The highest BCUT2D eigenvalue weighted by atomic mass is 16.5. The lowest BCUT2D eigenvalue weighted by Gasteiger charge is -2.41. The number of benzene rings is 2. The van der Waals surface area contributed by atoms with Crippen LogP contribution < -0.4 is 10.1 Å². The highest BCUT2D eigenvalue weighted by Crippen LogP contribution is 2.21. The third kappa shape index (κ3) is 3.87. The minimum atomic E-state index is 0.622. The van der Waals surface area contributed by atoms with E-state index in [1.807, 2.05) is 25.2 Å². The minimum absolute atomic E-state index is 0.622. The zero-order chi connectivity index (χ0) is 15.2. The van der Waals surface area contributed by atoms with Crippen molar-refractivity contribution in [1.29, 1.82) is 0 Å². The number of hydrogen-bond donors (Lipinski definition) is 1. The fraction of sp³-hybridized carbons (Fsp3) is 0.368. The lowest BCUT2D eigenvalue weighted by molar-refractivity contribution is 0.0829. The summed E-state index contributed by atoms with van der Waals surface area (Å²) in [6.45, 7) is 3.94. The maximum Gasteiger partial charge on any atom is 0.119 e. The maximum atomic E-state index is 5.83. The largest absolute Gasteiger partial charge is 0.489 e. The predicted molar refractivity (Wildman–Crippen MR) is 90.0 cm³/mol. The van der Waals surface area contributed by atoms with Gasteiger partial charge in [0.05, 0.1) is 0 Å². The van der Waals surface area contributed by atoms with Crippen LogP contribution in [0.2, 0.25) is 0 Å². The molecule has 1 fully saturated rings. The molecule has 0 saturated carbocycles. The van der Waals surface area contributed by atoms with Crippen LogP contribution in [-0.2, 0) is 13.2 Å². The molecular formula is C19H24N2O. The Morgan fingerprint density at radius 1 is 1.05 bits per heavy atom. The van der Waals surface area contributed by atoms with Gasteiger partial charge in [0.15, 0.2) is 0 Å². The zero-order valence-electron chi connectivity index (χ0n) is 13.2. The van der Waals surface area contributed by atoms with E-state index in [1.54, 1.807) is 0 Å². The number of nitrogens with one attached hydrogen (secondary N) is 1. The molecule has 0 bridgehead atoms. The summed E-state index contributed by atoms with van der Waals surface area (Å²) >= 11 is 0. The standard InChI is InChI=1S/C19H24N2O/c1-20-13-18-11-12-21(18)14-16-7-9-19(10-8-16)22-15-17-5-3-2-4-6-17/h2-10,18,20H,11-15H2,1H3. The second-order valence-corrected chi connectivity index (χ2v) is 5.89. The molecule has 2 aromatic rings. The van der Waals surface area contributed by atoms with Gasteiger partial charge in [-0.2, -0.15) is 0 Å². The van der Waals surface area contributed by atoms with Crippen molar-refractivity contribution in [2.24, 2.45) is 0 Å². The Kier molecular flexibility index (Phi) is 5.09. The van der Waals surface area contributed by atoms with Gasteiger partial charge in [-0.3, -0.25) is 4.90 Å². The fourth-order valence-electron chi connectivity index (χ4n) is 2.84. The van der Waals surface area contributed by atoms with Crippen LogP contribution >= 0.6 is 0 Å². The molecule has 1 unspecified atom stereocenters. The smallest absolute Gasteiger partial charge is 0.119 e. The topological polar surface area (TPSA) is 24.5 Å². The highest BCUT2D eigenvalue weighted by Gasteiger charge is 2.26. The van der Waals surface area contributed by atoms with Gasteiger partial charge in [0.25, 0.3) is 0 Å². The molecule has 3 rings (SSSR count). The second-order valence-electron chi connectivity index (χ2n) is 5.89. The van der Waals surface area contributed by atoms with Crippen LogP contribution in [0.5, 0.6) is 5.75 Å². The molecule has 0 amide bonds. The minimum Gasteiger partial charge on any atom is -0.489 e. The fourth-order valence-corrected chi connectivity index (χ4v) is 2.84. The van der Waals surface area contributed by atoms with Crippen LogP contribution in [-0.4, -0.2) is 31.1 Å². The van der Waals surface area contributed by atoms with Gasteiger partial charge in [-0.05, 0) is 36.7 Å². The van der Waals surface area contributed by atoms with Crippen LogP contribution in [0.25, 0.3) is 0 Å². The SMILES string of the molecule is CNCC1CCN1Cc1ccc(OCc2ccccc2)cc1. The normalized spacial score (nSPS) is 18.0. The lowest BCUT2D eigenvalue weighted by Crippen LogP contribution is -2.51. The summed E-state index contributed by atoms with van der Waals surface area (Å²) in [6, 6.07) is 19.5. The first-order valence-electron chi connectivity index (χ1n) is 7.99. The van der Waals surface area contributed by atoms with Gasteiger partial charge in [-0.1, -0.05) is 42.5 Å². The molecule has 116 valence electrons. The summed E-state index contributed by atoms with van der Waals surface area (Å²) in [4.78, 5) is 2.52. The van der Waals surface area contributed by atoms with Gasteiger partial charge < -0.3 is 10.1 Å². The Morgan fingerprint density at radius 2 is 1.82 bits per heavy atom. The van der Waals surface area contributed by atoms with Gasteiger partial charge in [-0.15, -0.1) is 0 Å². The Balaban J connectivity index is 1.50. The van der Waals surface area contributed by atoms with Crippen LogP contribution in [0.3, 0.4) is 0 Å². The quantitative estimate of drug-likeness (QED) is 0.850. The summed E-state index contributed by atoms with van der Waals surface area (Å²) in [6.07, 6.45) is 1.30. The van der Waals surface area contributed by atoms with Gasteiger partial charge in [0.1, 0.15) is 12.4 Å². The van der Waals surface area contributed by atoms with Crippen molar-refractivity contribution >= 4 is 0 Å². The molecule has 0 aromatic heterocycles. The number of hydrogen-bond acceptors (Lipinski definition) is 3. The first-order valence-corrected chi connectivity index (χ1v) is 7.99. The maximum absolute atomic E-state index is 5.83. The number of ether oxygens (including phenoxy) is 1. The van der Waals surface area contributed by atoms with Crippen LogP contribution in [0.1, 0.15) is 17.5 Å². The Morgan fingerprint density at radius 3 is 2.45 bits per heavy atom. The van der Waals surface area contributed by atoms with E-state index in [0.29, 0.717) is 12.6 Å². The second kappa shape index (κ2) is 7.43. The first-order chi connectivity index (χ1) is 10.8. The number of rotatable bonds is 7. The Bertz CT molecular complexity index is 568. The summed E-state index contributed by atoms with van der Waals surface area (Å²) in [5.74, 6) is 0.933. The molecule has 0 aliphatic carbocycles. The van der Waals surface area contributed by atoms with E-state index in [2.05, 4.69) is 46.6 Å². The summed E-state index contributed by atoms with van der Waals surface area (Å²) < 4.78 is 5.83.